The van der Waals surface area contributed by atoms with Crippen LogP contribution in [-0.2, 0) is 5.54 Å². The molecule has 3 aromatic rings. The molecule has 2 aromatic carbocycles. The van der Waals surface area contributed by atoms with E-state index < -0.39 is 5.54 Å². The van der Waals surface area contributed by atoms with Crippen LogP contribution < -0.4 is 11.1 Å². The SMILES string of the molecule is C=C(Nc1nc(C)[nH]c1C(C)(C)N)c1ccc(-c2ccccc2)cc1. The lowest BCUT2D eigenvalue weighted by Gasteiger charge is -2.19. The first-order valence-electron chi connectivity index (χ1n) is 8.32. The highest BCUT2D eigenvalue weighted by Gasteiger charge is 2.22. The summed E-state index contributed by atoms with van der Waals surface area (Å²) in [6.07, 6.45) is 0. The molecule has 0 aliphatic rings. The zero-order chi connectivity index (χ0) is 18.0. The number of nitrogens with one attached hydrogen (secondary N) is 2. The summed E-state index contributed by atoms with van der Waals surface area (Å²) in [6, 6.07) is 18.6. The Hall–Kier alpha value is -2.85. The molecular weight excluding hydrogens is 308 g/mol. The highest BCUT2D eigenvalue weighted by molar-refractivity contribution is 5.76. The summed E-state index contributed by atoms with van der Waals surface area (Å²) in [7, 11) is 0. The molecule has 0 aliphatic carbocycles. The van der Waals surface area contributed by atoms with Gasteiger partial charge in [0.05, 0.1) is 11.2 Å². The Balaban J connectivity index is 1.81. The van der Waals surface area contributed by atoms with Gasteiger partial charge >= 0.3 is 0 Å². The van der Waals surface area contributed by atoms with Gasteiger partial charge in [-0.1, -0.05) is 61.2 Å². The maximum atomic E-state index is 6.23. The largest absolute Gasteiger partial charge is 0.343 e. The number of hydrogen-bond donors (Lipinski definition) is 3. The molecule has 0 radical (unpaired) electrons. The van der Waals surface area contributed by atoms with Crippen molar-refractivity contribution in [1.82, 2.24) is 9.97 Å². The van der Waals surface area contributed by atoms with E-state index in [9.17, 15) is 0 Å². The third-order valence-electron chi connectivity index (χ3n) is 4.08. The van der Waals surface area contributed by atoms with Crippen LogP contribution in [0, 0.1) is 6.92 Å². The van der Waals surface area contributed by atoms with Gasteiger partial charge in [0.25, 0.3) is 0 Å². The lowest BCUT2D eigenvalue weighted by Crippen LogP contribution is -2.30. The molecule has 0 aliphatic heterocycles. The predicted molar refractivity (Wildman–Crippen MR) is 105 cm³/mol. The number of nitrogens with zero attached hydrogens (tertiary/aromatic N) is 1. The van der Waals surface area contributed by atoms with Gasteiger partial charge in [-0.25, -0.2) is 4.98 Å². The zero-order valence-corrected chi connectivity index (χ0v) is 14.9. The number of anilines is 1. The van der Waals surface area contributed by atoms with Crippen LogP contribution in [0.5, 0.6) is 0 Å². The molecule has 128 valence electrons. The first-order chi connectivity index (χ1) is 11.8. The number of hydrogen-bond acceptors (Lipinski definition) is 3. The van der Waals surface area contributed by atoms with E-state index in [1.54, 1.807) is 0 Å². The minimum absolute atomic E-state index is 0.513. The van der Waals surface area contributed by atoms with Crippen LogP contribution in [0.4, 0.5) is 5.82 Å². The van der Waals surface area contributed by atoms with Gasteiger partial charge in [0.15, 0.2) is 5.82 Å². The third kappa shape index (κ3) is 3.80. The van der Waals surface area contributed by atoms with Gasteiger partial charge in [-0.3, -0.25) is 0 Å². The quantitative estimate of drug-likeness (QED) is 0.636. The fraction of sp³-hybridized carbons (Fsp3) is 0.190. The lowest BCUT2D eigenvalue weighted by atomic mass is 10.0. The van der Waals surface area contributed by atoms with Crippen LogP contribution in [0.2, 0.25) is 0 Å². The Bertz CT molecular complexity index is 869. The Kier molecular flexibility index (Phi) is 4.47. The van der Waals surface area contributed by atoms with Crippen LogP contribution in [0.3, 0.4) is 0 Å². The van der Waals surface area contributed by atoms with Gasteiger partial charge in [-0.05, 0) is 37.5 Å². The van der Waals surface area contributed by atoms with Crippen molar-refractivity contribution in [2.24, 2.45) is 5.73 Å². The molecule has 1 aromatic heterocycles. The van der Waals surface area contributed by atoms with Crippen LogP contribution in [-0.4, -0.2) is 9.97 Å². The van der Waals surface area contributed by atoms with E-state index in [0.29, 0.717) is 0 Å². The van der Waals surface area contributed by atoms with Crippen LogP contribution >= 0.6 is 0 Å². The molecule has 4 nitrogen and oxygen atoms in total. The molecule has 0 saturated heterocycles. The molecule has 4 heteroatoms. The van der Waals surface area contributed by atoms with E-state index in [4.69, 9.17) is 5.73 Å². The molecule has 0 fully saturated rings. The van der Waals surface area contributed by atoms with E-state index in [-0.39, 0.29) is 0 Å². The van der Waals surface area contributed by atoms with E-state index >= 15 is 0 Å². The topological polar surface area (TPSA) is 66.7 Å². The maximum absolute atomic E-state index is 6.23. The molecular formula is C21H24N4. The van der Waals surface area contributed by atoms with Gasteiger partial charge in [0.1, 0.15) is 5.82 Å². The van der Waals surface area contributed by atoms with Crippen molar-refractivity contribution in [3.8, 4) is 11.1 Å². The summed E-state index contributed by atoms with van der Waals surface area (Å²) in [6.45, 7) is 9.96. The molecule has 0 saturated carbocycles. The summed E-state index contributed by atoms with van der Waals surface area (Å²) in [5, 5.41) is 3.30. The molecule has 25 heavy (non-hydrogen) atoms. The Morgan fingerprint density at radius 3 is 2.24 bits per heavy atom. The zero-order valence-electron chi connectivity index (χ0n) is 14.9. The van der Waals surface area contributed by atoms with Crippen LogP contribution in [0.15, 0.2) is 61.2 Å². The second-order valence-electron chi connectivity index (χ2n) is 6.81. The highest BCUT2D eigenvalue weighted by atomic mass is 15.1. The first-order valence-corrected chi connectivity index (χ1v) is 8.32. The van der Waals surface area contributed by atoms with Gasteiger partial charge in [0.2, 0.25) is 0 Å². The Morgan fingerprint density at radius 2 is 1.64 bits per heavy atom. The van der Waals surface area contributed by atoms with Crippen molar-refractivity contribution in [1.29, 1.82) is 0 Å². The lowest BCUT2D eigenvalue weighted by molar-refractivity contribution is 0.539. The van der Waals surface area contributed by atoms with E-state index in [1.807, 2.05) is 39.0 Å². The summed E-state index contributed by atoms with van der Waals surface area (Å²) < 4.78 is 0. The number of H-pyrrole nitrogens is 1. The average molecular weight is 332 g/mol. The minimum Gasteiger partial charge on any atom is -0.343 e. The van der Waals surface area contributed by atoms with Crippen molar-refractivity contribution >= 4 is 11.5 Å². The summed E-state index contributed by atoms with van der Waals surface area (Å²) in [5.74, 6) is 1.55. The molecule has 1 heterocycles. The number of aryl methyl sites for hydroxylation is 1. The number of aromatic amines is 1. The number of rotatable bonds is 5. The van der Waals surface area contributed by atoms with Crippen molar-refractivity contribution in [2.45, 2.75) is 26.3 Å². The van der Waals surface area contributed by atoms with Crippen molar-refractivity contribution in [3.63, 3.8) is 0 Å². The molecule has 3 rings (SSSR count). The molecule has 0 spiro atoms. The van der Waals surface area contributed by atoms with Crippen LogP contribution in [0.1, 0.15) is 30.9 Å². The fourth-order valence-corrected chi connectivity index (χ4v) is 2.76. The number of benzene rings is 2. The number of imidazole rings is 1. The molecule has 0 bridgehead atoms. The van der Waals surface area contributed by atoms with Crippen LogP contribution in [0.25, 0.3) is 16.8 Å². The number of nitrogens with two attached hydrogens (primary N) is 1. The minimum atomic E-state index is -0.513. The summed E-state index contributed by atoms with van der Waals surface area (Å²) in [5.41, 5.74) is 10.8. The molecule has 0 atom stereocenters. The van der Waals surface area contributed by atoms with Crippen molar-refractivity contribution < 1.29 is 0 Å². The average Bonchev–Trinajstić information content (AvgIpc) is 2.96. The Labute approximate surface area is 148 Å². The van der Waals surface area contributed by atoms with Crippen molar-refractivity contribution in [2.75, 3.05) is 5.32 Å². The number of aromatic nitrogens is 2. The standard InChI is InChI=1S/C21H24N4/c1-14(23-20-19(21(3,4)22)24-15(2)25-20)16-10-12-18(13-11-16)17-8-6-5-7-9-17/h5-13,23H,1,22H2,2-4H3,(H,24,25). The molecule has 4 N–H and O–H groups in total. The molecule has 0 unspecified atom stereocenters. The highest BCUT2D eigenvalue weighted by Crippen LogP contribution is 2.27. The third-order valence-corrected chi connectivity index (χ3v) is 4.08. The van der Waals surface area contributed by atoms with Gasteiger partial charge in [0, 0.05) is 5.70 Å². The van der Waals surface area contributed by atoms with E-state index in [1.165, 1.54) is 11.1 Å². The fourth-order valence-electron chi connectivity index (χ4n) is 2.76. The maximum Gasteiger partial charge on any atom is 0.153 e. The second kappa shape index (κ2) is 6.57. The van der Waals surface area contributed by atoms with Crippen molar-refractivity contribution in [3.05, 3.63) is 78.3 Å². The van der Waals surface area contributed by atoms with Gasteiger partial charge in [-0.2, -0.15) is 0 Å². The normalized spacial score (nSPS) is 11.4. The second-order valence-corrected chi connectivity index (χ2v) is 6.81. The Morgan fingerprint density at radius 1 is 1.04 bits per heavy atom. The first kappa shape index (κ1) is 17.0. The van der Waals surface area contributed by atoms with E-state index in [2.05, 4.69) is 58.3 Å². The van der Waals surface area contributed by atoms with E-state index in [0.717, 1.165) is 28.6 Å². The monoisotopic (exact) mass is 332 g/mol. The van der Waals surface area contributed by atoms with Gasteiger partial charge in [-0.15, -0.1) is 0 Å². The molecule has 0 amide bonds. The smallest absolute Gasteiger partial charge is 0.153 e. The predicted octanol–water partition coefficient (Wildman–Crippen LogP) is 4.66. The summed E-state index contributed by atoms with van der Waals surface area (Å²) in [4.78, 5) is 7.73. The summed E-state index contributed by atoms with van der Waals surface area (Å²) >= 11 is 0. The van der Waals surface area contributed by atoms with Gasteiger partial charge < -0.3 is 16.0 Å².